The molecule has 1 aliphatic rings. The van der Waals surface area contributed by atoms with Crippen molar-refractivity contribution in [3.8, 4) is 11.5 Å². The van der Waals surface area contributed by atoms with E-state index in [1.807, 2.05) is 20.8 Å². The lowest BCUT2D eigenvalue weighted by Gasteiger charge is -2.33. The first-order valence-electron chi connectivity index (χ1n) is 11.4. The molecule has 1 aliphatic heterocycles. The highest BCUT2D eigenvalue weighted by molar-refractivity contribution is 6.28. The van der Waals surface area contributed by atoms with Gasteiger partial charge in [-0.3, -0.25) is 4.57 Å². The number of likely N-dealkylation sites (tertiary alicyclic amines) is 1. The number of amides is 1. The maximum Gasteiger partial charge on any atom is 0.410 e. The van der Waals surface area contributed by atoms with Crippen LogP contribution in [0.1, 0.15) is 40.0 Å². The Kier molecular flexibility index (Phi) is 8.79. The zero-order chi connectivity index (χ0) is 25.6. The first kappa shape index (κ1) is 26.6. The van der Waals surface area contributed by atoms with E-state index < -0.39 is 16.6 Å². The molecule has 0 aliphatic carbocycles. The number of carbonyl (C=O) groups excluding carboxylic acids is 1. The van der Waals surface area contributed by atoms with Crippen LogP contribution < -0.4 is 9.47 Å². The summed E-state index contributed by atoms with van der Waals surface area (Å²) in [6, 6.07) is 7.11. The molecule has 35 heavy (non-hydrogen) atoms. The predicted octanol–water partition coefficient (Wildman–Crippen LogP) is 4.05. The van der Waals surface area contributed by atoms with Crippen LogP contribution in [0.5, 0.6) is 11.5 Å². The van der Waals surface area contributed by atoms with E-state index in [0.29, 0.717) is 37.4 Å². The van der Waals surface area contributed by atoms with Gasteiger partial charge in [-0.2, -0.15) is 0 Å². The number of carbonyl (C=O) groups is 1. The van der Waals surface area contributed by atoms with Gasteiger partial charge in [0.15, 0.2) is 0 Å². The summed E-state index contributed by atoms with van der Waals surface area (Å²) in [5.74, 6) is 0.939. The minimum atomic E-state index is -0.793. The number of aromatic nitrogens is 2. The maximum atomic E-state index is 12.2. The molecule has 12 heteroatoms. The Hall–Kier alpha value is -3.05. The molecule has 0 spiro atoms. The molecule has 3 rings (SSSR count). The Morgan fingerprint density at radius 1 is 1.26 bits per heavy atom. The standard InChI is InChI=1S/C23H31ClN4O7/c1-23(2,3)35-22(30)26-12-9-19(10-13-26)34-18-6-4-17(5-7-18)33-15-16(29)8-11-27-14-20(28(31)32)25-21(27)24/h4-7,14,16,19,29H,8-13,15H2,1-3H3/t16-/m1/s1. The number of hydrogen-bond donors (Lipinski definition) is 1. The molecular weight excluding hydrogens is 480 g/mol. The Bertz CT molecular complexity index is 998. The number of imidazole rings is 1. The number of aliphatic hydroxyl groups excluding tert-OH is 1. The number of nitro groups is 1. The molecule has 11 nitrogen and oxygen atoms in total. The highest BCUT2D eigenvalue weighted by atomic mass is 35.5. The van der Waals surface area contributed by atoms with Crippen molar-refractivity contribution in [3.63, 3.8) is 0 Å². The predicted molar refractivity (Wildman–Crippen MR) is 128 cm³/mol. The fourth-order valence-corrected chi connectivity index (χ4v) is 3.70. The summed E-state index contributed by atoms with van der Waals surface area (Å²) in [7, 11) is 0. The average Bonchev–Trinajstić information content (AvgIpc) is 3.17. The van der Waals surface area contributed by atoms with E-state index in [4.69, 9.17) is 25.8 Å². The summed E-state index contributed by atoms with van der Waals surface area (Å²) >= 11 is 5.87. The number of aryl methyl sites for hydroxylation is 1. The third-order valence-electron chi connectivity index (χ3n) is 5.27. The van der Waals surface area contributed by atoms with E-state index in [2.05, 4.69) is 4.98 Å². The van der Waals surface area contributed by atoms with E-state index in [1.54, 1.807) is 29.2 Å². The lowest BCUT2D eigenvalue weighted by atomic mass is 10.1. The second-order valence-corrected chi connectivity index (χ2v) is 9.67. The van der Waals surface area contributed by atoms with Gasteiger partial charge in [-0.05, 0) is 73.0 Å². The summed E-state index contributed by atoms with van der Waals surface area (Å²) in [5.41, 5.74) is -0.513. The van der Waals surface area contributed by atoms with Crippen molar-refractivity contribution >= 4 is 23.5 Å². The Labute approximate surface area is 208 Å². The number of benzene rings is 1. The summed E-state index contributed by atoms with van der Waals surface area (Å²) in [4.78, 5) is 27.6. The Morgan fingerprint density at radius 3 is 2.46 bits per heavy atom. The van der Waals surface area contributed by atoms with Gasteiger partial charge in [-0.25, -0.2) is 4.79 Å². The summed E-state index contributed by atoms with van der Waals surface area (Å²) in [5, 5.41) is 20.9. The van der Waals surface area contributed by atoms with Gasteiger partial charge in [0.2, 0.25) is 0 Å². The lowest BCUT2D eigenvalue weighted by Crippen LogP contribution is -2.44. The van der Waals surface area contributed by atoms with E-state index in [1.165, 1.54) is 10.8 Å². The number of rotatable bonds is 9. The SMILES string of the molecule is CC(C)(C)OC(=O)N1CCC(Oc2ccc(OC[C@H](O)CCn3cc([N+](=O)[O-])nc3Cl)cc2)CC1. The molecule has 1 fully saturated rings. The van der Waals surface area contributed by atoms with Crippen LogP contribution in [0.25, 0.3) is 0 Å². The number of piperidine rings is 1. The molecule has 1 saturated heterocycles. The molecule has 1 aromatic heterocycles. The monoisotopic (exact) mass is 510 g/mol. The van der Waals surface area contributed by atoms with Crippen molar-refractivity contribution in [2.45, 2.75) is 64.4 Å². The number of nitrogens with zero attached hydrogens (tertiary/aromatic N) is 4. The van der Waals surface area contributed by atoms with Gasteiger partial charge in [0.05, 0.1) is 6.10 Å². The molecule has 0 radical (unpaired) electrons. The first-order chi connectivity index (χ1) is 16.5. The summed E-state index contributed by atoms with van der Waals surface area (Å²) in [6.45, 7) is 7.03. The van der Waals surface area contributed by atoms with Crippen molar-refractivity contribution < 1.29 is 29.0 Å². The molecule has 1 aromatic carbocycles. The van der Waals surface area contributed by atoms with Crippen molar-refractivity contribution in [2.75, 3.05) is 19.7 Å². The van der Waals surface area contributed by atoms with Crippen LogP contribution in [0.2, 0.25) is 5.28 Å². The maximum absolute atomic E-state index is 12.2. The molecule has 2 heterocycles. The van der Waals surface area contributed by atoms with Crippen LogP contribution >= 0.6 is 11.6 Å². The molecule has 2 aromatic rings. The van der Waals surface area contributed by atoms with Gasteiger partial charge in [-0.1, -0.05) is 0 Å². The van der Waals surface area contributed by atoms with E-state index in [0.717, 1.165) is 0 Å². The number of hydrogen-bond acceptors (Lipinski definition) is 8. The summed E-state index contributed by atoms with van der Waals surface area (Å²) in [6.07, 6.45) is 1.87. The zero-order valence-electron chi connectivity index (χ0n) is 20.1. The van der Waals surface area contributed by atoms with Gasteiger partial charge in [0.25, 0.3) is 0 Å². The minimum absolute atomic E-state index is 0.00378. The van der Waals surface area contributed by atoms with Gasteiger partial charge in [0, 0.05) is 32.5 Å². The van der Waals surface area contributed by atoms with Crippen molar-refractivity contribution in [2.24, 2.45) is 0 Å². The quantitative estimate of drug-likeness (QED) is 0.395. The topological polar surface area (TPSA) is 129 Å². The van der Waals surface area contributed by atoms with Crippen molar-refractivity contribution in [1.82, 2.24) is 14.5 Å². The minimum Gasteiger partial charge on any atom is -0.491 e. The normalized spacial score (nSPS) is 15.5. The average molecular weight is 511 g/mol. The van der Waals surface area contributed by atoms with Crippen LogP contribution in [0.15, 0.2) is 30.5 Å². The molecule has 1 N–H and O–H groups in total. The smallest absolute Gasteiger partial charge is 0.410 e. The van der Waals surface area contributed by atoms with E-state index in [-0.39, 0.29) is 42.9 Å². The lowest BCUT2D eigenvalue weighted by molar-refractivity contribution is -0.389. The Balaban J connectivity index is 1.38. The van der Waals surface area contributed by atoms with E-state index in [9.17, 15) is 20.0 Å². The number of aliphatic hydroxyl groups is 1. The van der Waals surface area contributed by atoms with Gasteiger partial charge in [-0.15, -0.1) is 0 Å². The second kappa shape index (κ2) is 11.6. The molecule has 0 bridgehead atoms. The van der Waals surface area contributed by atoms with Crippen LogP contribution in [-0.2, 0) is 11.3 Å². The number of halogens is 1. The molecule has 0 saturated carbocycles. The fourth-order valence-electron chi connectivity index (χ4n) is 3.48. The summed E-state index contributed by atoms with van der Waals surface area (Å²) < 4.78 is 18.5. The van der Waals surface area contributed by atoms with Crippen LogP contribution in [0.3, 0.4) is 0 Å². The second-order valence-electron chi connectivity index (χ2n) is 9.33. The highest BCUT2D eigenvalue weighted by Gasteiger charge is 2.27. The van der Waals surface area contributed by atoms with Crippen molar-refractivity contribution in [3.05, 3.63) is 45.9 Å². The van der Waals surface area contributed by atoms with Gasteiger partial charge >= 0.3 is 17.2 Å². The Morgan fingerprint density at radius 2 is 1.89 bits per heavy atom. The third kappa shape index (κ3) is 8.29. The first-order valence-corrected chi connectivity index (χ1v) is 11.8. The largest absolute Gasteiger partial charge is 0.491 e. The van der Waals surface area contributed by atoms with Crippen LogP contribution in [0, 0.1) is 10.1 Å². The van der Waals surface area contributed by atoms with Crippen LogP contribution in [-0.4, -0.2) is 68.1 Å². The number of ether oxygens (including phenoxy) is 3. The van der Waals surface area contributed by atoms with Crippen molar-refractivity contribution in [1.29, 1.82) is 0 Å². The molecule has 0 unspecified atom stereocenters. The van der Waals surface area contributed by atoms with Gasteiger partial charge < -0.3 is 34.3 Å². The van der Waals surface area contributed by atoms with Gasteiger partial charge in [0.1, 0.15) is 36.0 Å². The fraction of sp³-hybridized carbons (Fsp3) is 0.565. The highest BCUT2D eigenvalue weighted by Crippen LogP contribution is 2.23. The molecular formula is C23H31ClN4O7. The molecule has 1 amide bonds. The van der Waals surface area contributed by atoms with E-state index >= 15 is 0 Å². The third-order valence-corrected chi connectivity index (χ3v) is 5.57. The van der Waals surface area contributed by atoms with Crippen LogP contribution in [0.4, 0.5) is 10.6 Å². The molecule has 192 valence electrons. The zero-order valence-corrected chi connectivity index (χ0v) is 20.8. The molecule has 1 atom stereocenters.